The van der Waals surface area contributed by atoms with E-state index >= 15 is 0 Å². The number of rotatable bonds is 4. The summed E-state index contributed by atoms with van der Waals surface area (Å²) in [5, 5.41) is 1.90. The summed E-state index contributed by atoms with van der Waals surface area (Å²) < 4.78 is 0.870. The third-order valence-corrected chi connectivity index (χ3v) is 3.66. The van der Waals surface area contributed by atoms with Gasteiger partial charge in [0, 0.05) is 17.6 Å². The highest BCUT2D eigenvalue weighted by molar-refractivity contribution is 9.10. The molecule has 0 saturated heterocycles. The maximum atomic E-state index is 11.9. The Morgan fingerprint density at radius 1 is 1.79 bits per heavy atom. The molecule has 1 rings (SSSR count). The molecule has 0 unspecified atom stereocenters. The van der Waals surface area contributed by atoms with Gasteiger partial charge in [-0.25, -0.2) is 0 Å². The van der Waals surface area contributed by atoms with Crippen LogP contribution in [0.2, 0.25) is 0 Å². The van der Waals surface area contributed by atoms with Crippen LogP contribution in [0.4, 0.5) is 0 Å². The second kappa shape index (κ2) is 5.32. The molecule has 0 spiro atoms. The predicted octanol–water partition coefficient (Wildman–Crippen LogP) is 3.16. The average molecular weight is 274 g/mol. The second-order valence-electron chi connectivity index (χ2n) is 2.73. The summed E-state index contributed by atoms with van der Waals surface area (Å²) in [5.41, 5.74) is 0. The van der Waals surface area contributed by atoms with E-state index in [1.54, 1.807) is 11.0 Å². The number of carbonyl (C=O) groups is 1. The highest BCUT2D eigenvalue weighted by Crippen LogP contribution is 2.24. The van der Waals surface area contributed by atoms with Gasteiger partial charge in [-0.15, -0.1) is 17.9 Å². The smallest absolute Gasteiger partial charge is 0.265 e. The van der Waals surface area contributed by atoms with Crippen LogP contribution in [0.15, 0.2) is 28.6 Å². The van der Waals surface area contributed by atoms with Crippen molar-refractivity contribution in [3.8, 4) is 0 Å². The Kier molecular flexibility index (Phi) is 4.35. The Morgan fingerprint density at radius 2 is 2.50 bits per heavy atom. The lowest BCUT2D eigenvalue weighted by atomic mass is 10.4. The minimum atomic E-state index is 0.0641. The second-order valence-corrected chi connectivity index (χ2v) is 4.50. The van der Waals surface area contributed by atoms with Crippen LogP contribution in [0.25, 0.3) is 0 Å². The van der Waals surface area contributed by atoms with Gasteiger partial charge < -0.3 is 4.90 Å². The SMILES string of the molecule is C=CCN(CC)C(=O)c1sccc1Br. The standard InChI is InChI=1S/C10H12BrNOS/c1-3-6-12(4-2)10(13)9-8(11)5-7-14-9/h3,5,7H,1,4,6H2,2H3. The summed E-state index contributed by atoms with van der Waals surface area (Å²) in [6.45, 7) is 6.89. The topological polar surface area (TPSA) is 20.3 Å². The van der Waals surface area contributed by atoms with Crippen molar-refractivity contribution in [2.75, 3.05) is 13.1 Å². The van der Waals surface area contributed by atoms with Crippen molar-refractivity contribution in [2.45, 2.75) is 6.92 Å². The Bertz CT molecular complexity index is 335. The molecule has 1 amide bonds. The van der Waals surface area contributed by atoms with Gasteiger partial charge in [-0.2, -0.15) is 0 Å². The highest BCUT2D eigenvalue weighted by Gasteiger charge is 2.16. The Balaban J connectivity index is 2.82. The number of amides is 1. The van der Waals surface area contributed by atoms with E-state index in [1.165, 1.54) is 11.3 Å². The molecule has 4 heteroatoms. The molecule has 0 aliphatic carbocycles. The number of hydrogen-bond acceptors (Lipinski definition) is 2. The maximum Gasteiger partial charge on any atom is 0.265 e. The summed E-state index contributed by atoms with van der Waals surface area (Å²) in [4.78, 5) is 14.4. The molecule has 76 valence electrons. The molecule has 1 aromatic rings. The van der Waals surface area contributed by atoms with E-state index < -0.39 is 0 Å². The van der Waals surface area contributed by atoms with Crippen molar-refractivity contribution in [3.63, 3.8) is 0 Å². The molecule has 0 aliphatic heterocycles. The fraction of sp³-hybridized carbons (Fsp3) is 0.300. The lowest BCUT2D eigenvalue weighted by Crippen LogP contribution is -2.30. The number of carbonyl (C=O) groups excluding carboxylic acids is 1. The van der Waals surface area contributed by atoms with Gasteiger partial charge in [0.05, 0.1) is 0 Å². The third-order valence-electron chi connectivity index (χ3n) is 1.83. The van der Waals surface area contributed by atoms with Crippen LogP contribution in [0, 0.1) is 0 Å². The van der Waals surface area contributed by atoms with Crippen molar-refractivity contribution in [2.24, 2.45) is 0 Å². The molecule has 0 aromatic carbocycles. The van der Waals surface area contributed by atoms with E-state index in [0.29, 0.717) is 13.1 Å². The van der Waals surface area contributed by atoms with E-state index in [0.717, 1.165) is 9.35 Å². The van der Waals surface area contributed by atoms with Crippen LogP contribution in [0.3, 0.4) is 0 Å². The molecule has 1 heterocycles. The molecular weight excluding hydrogens is 262 g/mol. The van der Waals surface area contributed by atoms with Gasteiger partial charge in [0.1, 0.15) is 4.88 Å². The van der Waals surface area contributed by atoms with Crippen LogP contribution in [0.5, 0.6) is 0 Å². The Labute approximate surface area is 96.4 Å². The molecule has 2 nitrogen and oxygen atoms in total. The predicted molar refractivity (Wildman–Crippen MR) is 63.8 cm³/mol. The number of halogens is 1. The van der Waals surface area contributed by atoms with E-state index in [-0.39, 0.29) is 5.91 Å². The minimum absolute atomic E-state index is 0.0641. The quantitative estimate of drug-likeness (QED) is 0.772. The fourth-order valence-electron chi connectivity index (χ4n) is 1.10. The molecular formula is C10H12BrNOS. The zero-order valence-electron chi connectivity index (χ0n) is 8.00. The van der Waals surface area contributed by atoms with Crippen LogP contribution in [0.1, 0.15) is 16.6 Å². The van der Waals surface area contributed by atoms with E-state index in [4.69, 9.17) is 0 Å². The molecule has 0 atom stereocenters. The first kappa shape index (κ1) is 11.5. The summed E-state index contributed by atoms with van der Waals surface area (Å²) >= 11 is 4.81. The lowest BCUT2D eigenvalue weighted by molar-refractivity contribution is 0.0786. The number of likely N-dealkylation sites (N-methyl/N-ethyl adjacent to an activating group) is 1. The Morgan fingerprint density at radius 3 is 2.93 bits per heavy atom. The highest BCUT2D eigenvalue weighted by atomic mass is 79.9. The van der Waals surface area contributed by atoms with E-state index in [1.807, 2.05) is 18.4 Å². The fourth-order valence-corrected chi connectivity index (χ4v) is 2.61. The first-order valence-corrected chi connectivity index (χ1v) is 6.01. The monoisotopic (exact) mass is 273 g/mol. The number of nitrogens with zero attached hydrogens (tertiary/aromatic N) is 1. The maximum absolute atomic E-state index is 11.9. The van der Waals surface area contributed by atoms with Crippen LogP contribution in [-0.2, 0) is 0 Å². The van der Waals surface area contributed by atoms with Crippen molar-refractivity contribution in [1.82, 2.24) is 4.90 Å². The third kappa shape index (κ3) is 2.45. The molecule has 0 N–H and O–H groups in total. The van der Waals surface area contributed by atoms with E-state index in [2.05, 4.69) is 22.5 Å². The molecule has 14 heavy (non-hydrogen) atoms. The van der Waals surface area contributed by atoms with Gasteiger partial charge in [-0.3, -0.25) is 4.79 Å². The van der Waals surface area contributed by atoms with E-state index in [9.17, 15) is 4.79 Å². The summed E-state index contributed by atoms with van der Waals surface area (Å²) in [6, 6.07) is 1.89. The number of thiophene rings is 1. The summed E-state index contributed by atoms with van der Waals surface area (Å²) in [5.74, 6) is 0.0641. The largest absolute Gasteiger partial charge is 0.334 e. The average Bonchev–Trinajstić information content (AvgIpc) is 2.59. The molecule has 0 fully saturated rings. The molecule has 0 radical (unpaired) electrons. The molecule has 0 aliphatic rings. The van der Waals surface area contributed by atoms with Crippen LogP contribution < -0.4 is 0 Å². The molecule has 0 saturated carbocycles. The van der Waals surface area contributed by atoms with Gasteiger partial charge in [-0.1, -0.05) is 6.08 Å². The zero-order valence-corrected chi connectivity index (χ0v) is 10.4. The van der Waals surface area contributed by atoms with Crippen LogP contribution in [-0.4, -0.2) is 23.9 Å². The van der Waals surface area contributed by atoms with Gasteiger partial charge in [0.2, 0.25) is 0 Å². The van der Waals surface area contributed by atoms with Gasteiger partial charge in [0.15, 0.2) is 0 Å². The first-order valence-electron chi connectivity index (χ1n) is 4.33. The van der Waals surface area contributed by atoms with Crippen molar-refractivity contribution in [1.29, 1.82) is 0 Å². The molecule has 0 bridgehead atoms. The lowest BCUT2D eigenvalue weighted by Gasteiger charge is -2.18. The minimum Gasteiger partial charge on any atom is -0.334 e. The van der Waals surface area contributed by atoms with Crippen molar-refractivity contribution >= 4 is 33.2 Å². The summed E-state index contributed by atoms with van der Waals surface area (Å²) in [7, 11) is 0. The zero-order chi connectivity index (χ0) is 10.6. The number of hydrogen-bond donors (Lipinski definition) is 0. The van der Waals surface area contributed by atoms with Crippen molar-refractivity contribution in [3.05, 3.63) is 33.5 Å². The molecule has 1 aromatic heterocycles. The van der Waals surface area contributed by atoms with Crippen molar-refractivity contribution < 1.29 is 4.79 Å². The van der Waals surface area contributed by atoms with Crippen LogP contribution >= 0.6 is 27.3 Å². The van der Waals surface area contributed by atoms with Gasteiger partial charge >= 0.3 is 0 Å². The summed E-state index contributed by atoms with van der Waals surface area (Å²) in [6.07, 6.45) is 1.74. The van der Waals surface area contributed by atoms with Gasteiger partial charge in [0.25, 0.3) is 5.91 Å². The van der Waals surface area contributed by atoms with Gasteiger partial charge in [-0.05, 0) is 34.3 Å². The normalized spacial score (nSPS) is 9.86. The first-order chi connectivity index (χ1) is 6.70. The Hall–Kier alpha value is -0.610.